The number of benzene rings is 1. The van der Waals surface area contributed by atoms with Crippen LogP contribution in [-0.4, -0.2) is 33.3 Å². The van der Waals surface area contributed by atoms with Crippen LogP contribution in [0.25, 0.3) is 0 Å². The zero-order valence-corrected chi connectivity index (χ0v) is 12.8. The van der Waals surface area contributed by atoms with Gasteiger partial charge in [0.15, 0.2) is 0 Å². The zero-order valence-electron chi connectivity index (χ0n) is 12.0. The summed E-state index contributed by atoms with van der Waals surface area (Å²) in [5.41, 5.74) is 1.77. The Morgan fingerprint density at radius 3 is 3.10 bits per heavy atom. The fourth-order valence-corrected chi connectivity index (χ4v) is 2.65. The minimum Gasteiger partial charge on any atom is -0.315 e. The molecule has 0 atom stereocenters. The fraction of sp³-hybridized carbons (Fsp3) is 0.429. The van der Waals surface area contributed by atoms with Gasteiger partial charge in [0.1, 0.15) is 0 Å². The van der Waals surface area contributed by atoms with Crippen LogP contribution >= 0.6 is 11.8 Å². The van der Waals surface area contributed by atoms with Crippen LogP contribution in [0, 0.1) is 11.3 Å². The van der Waals surface area contributed by atoms with Gasteiger partial charge in [0, 0.05) is 12.3 Å². The summed E-state index contributed by atoms with van der Waals surface area (Å²) in [7, 11) is 0. The number of thioether (sulfide) groups is 1. The summed E-state index contributed by atoms with van der Waals surface area (Å²) in [6, 6.07) is 9.74. The van der Waals surface area contributed by atoms with Crippen LogP contribution < -0.4 is 5.32 Å². The van der Waals surface area contributed by atoms with Gasteiger partial charge in [-0.05, 0) is 41.1 Å². The topological polar surface area (TPSA) is 79.4 Å². The smallest absolute Gasteiger partial charge is 0.209 e. The van der Waals surface area contributed by atoms with E-state index in [2.05, 4.69) is 33.8 Å². The molecule has 1 heterocycles. The fourth-order valence-electron chi connectivity index (χ4n) is 1.81. The second kappa shape index (κ2) is 8.39. The van der Waals surface area contributed by atoms with E-state index >= 15 is 0 Å². The molecule has 0 saturated carbocycles. The zero-order chi connectivity index (χ0) is 14.9. The summed E-state index contributed by atoms with van der Waals surface area (Å²) in [6.07, 6.45) is 1.12. The Kier molecular flexibility index (Phi) is 6.19. The lowest BCUT2D eigenvalue weighted by Gasteiger charge is -2.05. The second-order valence-corrected chi connectivity index (χ2v) is 5.48. The van der Waals surface area contributed by atoms with Gasteiger partial charge in [-0.2, -0.15) is 5.26 Å². The number of hydrogen-bond acceptors (Lipinski definition) is 6. The molecule has 21 heavy (non-hydrogen) atoms. The number of nitrogens with zero attached hydrogens (tertiary/aromatic N) is 5. The molecule has 0 aliphatic carbocycles. The van der Waals surface area contributed by atoms with E-state index in [1.807, 2.05) is 22.9 Å². The van der Waals surface area contributed by atoms with Gasteiger partial charge in [-0.25, -0.2) is 4.68 Å². The minimum atomic E-state index is 0.677. The molecule has 0 amide bonds. The molecule has 1 aromatic heterocycles. The first kappa shape index (κ1) is 15.5. The van der Waals surface area contributed by atoms with E-state index in [1.165, 1.54) is 0 Å². The van der Waals surface area contributed by atoms with Crippen molar-refractivity contribution in [1.29, 1.82) is 5.26 Å². The summed E-state index contributed by atoms with van der Waals surface area (Å²) in [5, 5.41) is 24.8. The normalized spacial score (nSPS) is 10.5. The largest absolute Gasteiger partial charge is 0.315 e. The number of aromatic nitrogens is 4. The molecule has 0 aliphatic rings. The molecule has 2 aromatic rings. The van der Waals surface area contributed by atoms with Gasteiger partial charge in [0.05, 0.1) is 18.2 Å². The Morgan fingerprint density at radius 2 is 2.29 bits per heavy atom. The number of tetrazole rings is 1. The third-order valence-corrected chi connectivity index (χ3v) is 3.88. The predicted octanol–water partition coefficient (Wildman–Crippen LogP) is 1.84. The molecule has 110 valence electrons. The van der Waals surface area contributed by atoms with Gasteiger partial charge in [0.25, 0.3) is 0 Å². The Balaban J connectivity index is 1.88. The van der Waals surface area contributed by atoms with E-state index in [0.717, 1.165) is 42.5 Å². The minimum absolute atomic E-state index is 0.677. The Labute approximate surface area is 128 Å². The first-order valence-electron chi connectivity index (χ1n) is 6.92. The molecule has 0 bridgehead atoms. The van der Waals surface area contributed by atoms with Gasteiger partial charge in [-0.3, -0.25) is 0 Å². The number of nitriles is 1. The third kappa shape index (κ3) is 4.85. The van der Waals surface area contributed by atoms with Gasteiger partial charge < -0.3 is 5.32 Å². The molecule has 0 unspecified atom stereocenters. The van der Waals surface area contributed by atoms with E-state index in [0.29, 0.717) is 5.56 Å². The van der Waals surface area contributed by atoms with Crippen LogP contribution in [0.2, 0.25) is 0 Å². The van der Waals surface area contributed by atoms with Crippen LogP contribution in [0.1, 0.15) is 24.5 Å². The third-order valence-electron chi connectivity index (χ3n) is 2.85. The van der Waals surface area contributed by atoms with Gasteiger partial charge >= 0.3 is 0 Å². The van der Waals surface area contributed by atoms with Gasteiger partial charge in [-0.15, -0.1) is 5.10 Å². The molecule has 2 rings (SSSR count). The number of rotatable bonds is 8. The van der Waals surface area contributed by atoms with Gasteiger partial charge in [-0.1, -0.05) is 30.8 Å². The highest BCUT2D eigenvalue weighted by molar-refractivity contribution is 7.98. The number of hydrogen-bond donors (Lipinski definition) is 1. The second-order valence-electron chi connectivity index (χ2n) is 4.54. The maximum Gasteiger partial charge on any atom is 0.209 e. The van der Waals surface area contributed by atoms with E-state index in [9.17, 15) is 0 Å². The number of nitrogens with one attached hydrogen (secondary N) is 1. The van der Waals surface area contributed by atoms with Crippen molar-refractivity contribution in [2.24, 2.45) is 0 Å². The lowest BCUT2D eigenvalue weighted by Crippen LogP contribution is -2.21. The molecule has 0 aliphatic heterocycles. The van der Waals surface area contributed by atoms with Crippen molar-refractivity contribution in [1.82, 2.24) is 25.5 Å². The highest BCUT2D eigenvalue weighted by Crippen LogP contribution is 2.20. The molecule has 0 radical (unpaired) electrons. The van der Waals surface area contributed by atoms with Crippen molar-refractivity contribution in [3.63, 3.8) is 0 Å². The standard InChI is InChI=1S/C14H18N6S/c1-2-6-16-7-8-20-14(17-18-19-20)21-11-13-5-3-4-12(9-13)10-15/h3-5,9,16H,2,6-8,11H2,1H3. The lowest BCUT2D eigenvalue weighted by atomic mass is 10.2. The highest BCUT2D eigenvalue weighted by Gasteiger charge is 2.07. The van der Waals surface area contributed by atoms with Crippen molar-refractivity contribution in [3.05, 3.63) is 35.4 Å². The summed E-state index contributed by atoms with van der Waals surface area (Å²) in [4.78, 5) is 0. The molecular weight excluding hydrogens is 284 g/mol. The first-order chi connectivity index (χ1) is 10.3. The molecular formula is C14H18N6S. The van der Waals surface area contributed by atoms with Crippen molar-refractivity contribution in [3.8, 4) is 6.07 Å². The maximum absolute atomic E-state index is 8.90. The Hall–Kier alpha value is -1.91. The molecule has 0 spiro atoms. The molecule has 0 fully saturated rings. The summed E-state index contributed by atoms with van der Waals surface area (Å²) in [5.74, 6) is 0.748. The monoisotopic (exact) mass is 302 g/mol. The summed E-state index contributed by atoms with van der Waals surface area (Å²) >= 11 is 1.58. The van der Waals surface area contributed by atoms with E-state index in [1.54, 1.807) is 17.8 Å². The lowest BCUT2D eigenvalue weighted by molar-refractivity contribution is 0.510. The molecule has 1 N–H and O–H groups in total. The van der Waals surface area contributed by atoms with Crippen LogP contribution in [0.3, 0.4) is 0 Å². The van der Waals surface area contributed by atoms with E-state index in [-0.39, 0.29) is 0 Å². The van der Waals surface area contributed by atoms with Crippen LogP contribution in [0.5, 0.6) is 0 Å². The van der Waals surface area contributed by atoms with Crippen molar-refractivity contribution < 1.29 is 0 Å². The van der Waals surface area contributed by atoms with Crippen molar-refractivity contribution in [2.45, 2.75) is 30.8 Å². The quantitative estimate of drug-likeness (QED) is 0.592. The maximum atomic E-state index is 8.90. The molecule has 1 aromatic carbocycles. The van der Waals surface area contributed by atoms with Gasteiger partial charge in [0.2, 0.25) is 5.16 Å². The van der Waals surface area contributed by atoms with E-state index < -0.39 is 0 Å². The van der Waals surface area contributed by atoms with E-state index in [4.69, 9.17) is 5.26 Å². The molecule has 6 nitrogen and oxygen atoms in total. The average Bonchev–Trinajstić information content (AvgIpc) is 2.97. The molecule has 7 heteroatoms. The highest BCUT2D eigenvalue weighted by atomic mass is 32.2. The summed E-state index contributed by atoms with van der Waals surface area (Å²) in [6.45, 7) is 4.76. The summed E-state index contributed by atoms with van der Waals surface area (Å²) < 4.78 is 1.81. The average molecular weight is 302 g/mol. The predicted molar refractivity (Wildman–Crippen MR) is 81.7 cm³/mol. The van der Waals surface area contributed by atoms with Crippen molar-refractivity contribution in [2.75, 3.05) is 13.1 Å². The van der Waals surface area contributed by atoms with Crippen molar-refractivity contribution >= 4 is 11.8 Å². The van der Waals surface area contributed by atoms with Crippen LogP contribution in [0.4, 0.5) is 0 Å². The molecule has 0 saturated heterocycles. The Morgan fingerprint density at radius 1 is 1.38 bits per heavy atom. The first-order valence-corrected chi connectivity index (χ1v) is 7.90. The van der Waals surface area contributed by atoms with Crippen LogP contribution in [0.15, 0.2) is 29.4 Å². The Bertz CT molecular complexity index is 604. The van der Waals surface area contributed by atoms with Crippen LogP contribution in [-0.2, 0) is 12.3 Å². The SMILES string of the molecule is CCCNCCn1nnnc1SCc1cccc(C#N)c1.